The number of rotatable bonds is 3. The van der Waals surface area contributed by atoms with E-state index in [1.165, 1.54) is 32.7 Å². The van der Waals surface area contributed by atoms with Gasteiger partial charge in [-0.1, -0.05) is 72.8 Å². The van der Waals surface area contributed by atoms with Crippen LogP contribution < -0.4 is 0 Å². The second-order valence-corrected chi connectivity index (χ2v) is 10.9. The zero-order valence-electron chi connectivity index (χ0n) is 23.3. The van der Waals surface area contributed by atoms with Gasteiger partial charge in [-0.3, -0.25) is 4.98 Å². The molecule has 0 atom stereocenters. The van der Waals surface area contributed by atoms with E-state index in [9.17, 15) is 5.26 Å². The van der Waals surface area contributed by atoms with Crippen molar-refractivity contribution in [2.45, 2.75) is 13.8 Å². The highest BCUT2D eigenvalue weighted by Crippen LogP contribution is 2.42. The highest BCUT2D eigenvalue weighted by atomic mass is 15.0. The minimum absolute atomic E-state index is 0.623. The normalized spacial score (nSPS) is 11.5. The number of nitrogens with zero attached hydrogens (tertiary/aromatic N) is 4. The van der Waals surface area contributed by atoms with Crippen LogP contribution in [0.5, 0.6) is 0 Å². The number of fused-ring (bicyclic) bond motifs is 6. The third kappa shape index (κ3) is 3.38. The molecule has 0 unspecified atom stereocenters. The van der Waals surface area contributed by atoms with E-state index in [-0.39, 0.29) is 0 Å². The zero-order valence-corrected chi connectivity index (χ0v) is 23.3. The Kier molecular flexibility index (Phi) is 5.29. The maximum absolute atomic E-state index is 9.87. The summed E-state index contributed by atoms with van der Waals surface area (Å²) in [4.78, 5) is 4.89. The quantitative estimate of drug-likeness (QED) is 0.225. The Morgan fingerprint density at radius 3 is 1.62 bits per heavy atom. The third-order valence-corrected chi connectivity index (χ3v) is 8.48. The first-order chi connectivity index (χ1) is 20.7. The molecular formula is C38H26N4. The number of nitriles is 1. The number of aromatic nitrogens is 3. The van der Waals surface area contributed by atoms with E-state index < -0.39 is 0 Å². The Balaban J connectivity index is 1.58. The largest absolute Gasteiger partial charge is 0.307 e. The first kappa shape index (κ1) is 24.2. The number of pyridine rings is 1. The van der Waals surface area contributed by atoms with Gasteiger partial charge in [-0.15, -0.1) is 0 Å². The van der Waals surface area contributed by atoms with Crippen LogP contribution in [0.4, 0.5) is 0 Å². The summed E-state index contributed by atoms with van der Waals surface area (Å²) < 4.78 is 4.67. The number of aryl methyl sites for hydroxylation is 2. The summed E-state index contributed by atoms with van der Waals surface area (Å²) >= 11 is 0. The first-order valence-corrected chi connectivity index (χ1v) is 14.1. The van der Waals surface area contributed by atoms with E-state index in [4.69, 9.17) is 4.98 Å². The van der Waals surface area contributed by atoms with Crippen LogP contribution in [0.2, 0.25) is 0 Å². The molecule has 3 heterocycles. The molecule has 0 saturated heterocycles. The summed E-state index contributed by atoms with van der Waals surface area (Å²) in [5, 5.41) is 14.8. The fraction of sp³-hybridized carbons (Fsp3) is 0.0526. The molecule has 0 spiro atoms. The lowest BCUT2D eigenvalue weighted by molar-refractivity contribution is 1.09. The van der Waals surface area contributed by atoms with Gasteiger partial charge in [0.25, 0.3) is 0 Å². The van der Waals surface area contributed by atoms with Gasteiger partial charge >= 0.3 is 0 Å². The van der Waals surface area contributed by atoms with E-state index in [2.05, 4.69) is 120 Å². The highest BCUT2D eigenvalue weighted by Gasteiger charge is 2.23. The van der Waals surface area contributed by atoms with Gasteiger partial charge < -0.3 is 9.13 Å². The van der Waals surface area contributed by atoms with Crippen molar-refractivity contribution < 1.29 is 0 Å². The molecule has 0 aliphatic heterocycles. The average Bonchev–Trinajstić information content (AvgIpc) is 3.55. The summed E-state index contributed by atoms with van der Waals surface area (Å²) in [5.41, 5.74) is 11.5. The van der Waals surface area contributed by atoms with Gasteiger partial charge in [0, 0.05) is 27.1 Å². The predicted octanol–water partition coefficient (Wildman–Crippen LogP) is 9.43. The van der Waals surface area contributed by atoms with Crippen molar-refractivity contribution >= 4 is 43.6 Å². The van der Waals surface area contributed by atoms with Crippen molar-refractivity contribution in [2.24, 2.45) is 0 Å². The average molecular weight is 539 g/mol. The van der Waals surface area contributed by atoms with Crippen molar-refractivity contribution in [3.8, 4) is 28.6 Å². The van der Waals surface area contributed by atoms with Crippen LogP contribution in [0.3, 0.4) is 0 Å². The van der Waals surface area contributed by atoms with E-state index in [1.54, 1.807) is 0 Å². The molecule has 0 saturated carbocycles. The van der Waals surface area contributed by atoms with Crippen molar-refractivity contribution in [3.63, 3.8) is 0 Å². The van der Waals surface area contributed by atoms with Crippen molar-refractivity contribution in [1.82, 2.24) is 14.1 Å². The summed E-state index contributed by atoms with van der Waals surface area (Å²) in [7, 11) is 0. The Labute approximate surface area is 243 Å². The predicted molar refractivity (Wildman–Crippen MR) is 173 cm³/mol. The molecule has 198 valence electrons. The molecule has 4 nitrogen and oxygen atoms in total. The van der Waals surface area contributed by atoms with E-state index in [0.29, 0.717) is 5.56 Å². The molecular weight excluding hydrogens is 512 g/mol. The van der Waals surface area contributed by atoms with Crippen LogP contribution in [0.25, 0.3) is 66.1 Å². The van der Waals surface area contributed by atoms with Crippen molar-refractivity contribution in [2.75, 3.05) is 0 Å². The summed E-state index contributed by atoms with van der Waals surface area (Å²) in [6.07, 6.45) is 3.93. The second kappa shape index (κ2) is 9.19. The maximum atomic E-state index is 9.87. The summed E-state index contributed by atoms with van der Waals surface area (Å²) in [5.74, 6) is 0. The molecule has 0 fully saturated rings. The molecule has 8 aromatic rings. The smallest absolute Gasteiger partial charge is 0.0991 e. The summed E-state index contributed by atoms with van der Waals surface area (Å²) in [6.45, 7) is 4.34. The van der Waals surface area contributed by atoms with Gasteiger partial charge in [-0.25, -0.2) is 0 Å². The van der Waals surface area contributed by atoms with Gasteiger partial charge in [0.2, 0.25) is 0 Å². The number of benzene rings is 5. The maximum Gasteiger partial charge on any atom is 0.0991 e. The minimum Gasteiger partial charge on any atom is -0.307 e. The molecule has 4 heteroatoms. The van der Waals surface area contributed by atoms with Gasteiger partial charge in [0.05, 0.1) is 57.5 Å². The number of para-hydroxylation sites is 2. The second-order valence-electron chi connectivity index (χ2n) is 10.9. The monoisotopic (exact) mass is 538 g/mol. The Morgan fingerprint density at radius 1 is 0.571 bits per heavy atom. The zero-order chi connectivity index (χ0) is 28.4. The van der Waals surface area contributed by atoms with Crippen molar-refractivity contribution in [3.05, 3.63) is 138 Å². The fourth-order valence-corrected chi connectivity index (χ4v) is 6.73. The molecule has 5 aromatic carbocycles. The molecule has 0 N–H and O–H groups in total. The Morgan fingerprint density at radius 2 is 1.07 bits per heavy atom. The molecule has 0 aliphatic rings. The Bertz CT molecular complexity index is 2260. The lowest BCUT2D eigenvalue weighted by Crippen LogP contribution is -2.05. The SMILES string of the molecule is Cc1cccc2c1c1ccccc1n2-c1cncc(-n2c3ccccc3c3c(C)cccc32)c1-c1cccc(C#N)c1. The van der Waals surface area contributed by atoms with E-state index in [1.807, 2.05) is 30.6 Å². The van der Waals surface area contributed by atoms with Gasteiger partial charge in [-0.05, 0) is 66.9 Å². The number of hydrogen-bond acceptors (Lipinski definition) is 2. The highest BCUT2D eigenvalue weighted by molar-refractivity contribution is 6.13. The van der Waals surface area contributed by atoms with Gasteiger partial charge in [0.15, 0.2) is 0 Å². The molecule has 3 aromatic heterocycles. The number of hydrogen-bond donors (Lipinski definition) is 0. The molecule has 0 bridgehead atoms. The van der Waals surface area contributed by atoms with Gasteiger partial charge in [0.1, 0.15) is 0 Å². The van der Waals surface area contributed by atoms with Crippen LogP contribution in [-0.2, 0) is 0 Å². The van der Waals surface area contributed by atoms with Gasteiger partial charge in [-0.2, -0.15) is 5.26 Å². The molecule has 8 rings (SSSR count). The summed E-state index contributed by atoms with van der Waals surface area (Å²) in [6, 6.07) is 40.4. The van der Waals surface area contributed by atoms with Crippen LogP contribution in [-0.4, -0.2) is 14.1 Å². The van der Waals surface area contributed by atoms with Crippen molar-refractivity contribution in [1.29, 1.82) is 5.26 Å². The Hall–Kier alpha value is -5.66. The molecule has 42 heavy (non-hydrogen) atoms. The standard InChI is InChI=1S/C38H26N4/c1-24-10-7-18-32-36(24)28-14-3-5-16-30(28)41(32)34-22-40-23-35(38(34)27-13-9-12-26(20-27)21-39)42-31-17-6-4-15-29(31)37-25(2)11-8-19-33(37)42/h3-20,22-23H,1-2H3. The van der Waals surface area contributed by atoms with E-state index >= 15 is 0 Å². The molecule has 0 aliphatic carbocycles. The minimum atomic E-state index is 0.623. The first-order valence-electron chi connectivity index (χ1n) is 14.1. The lowest BCUT2D eigenvalue weighted by Gasteiger charge is -2.19. The van der Waals surface area contributed by atoms with Crippen LogP contribution >= 0.6 is 0 Å². The van der Waals surface area contributed by atoms with E-state index in [0.717, 1.165) is 44.6 Å². The fourth-order valence-electron chi connectivity index (χ4n) is 6.73. The van der Waals surface area contributed by atoms with Crippen LogP contribution in [0.1, 0.15) is 16.7 Å². The molecule has 0 radical (unpaired) electrons. The van der Waals surface area contributed by atoms with Crippen LogP contribution in [0, 0.1) is 25.2 Å². The topological polar surface area (TPSA) is 46.5 Å². The lowest BCUT2D eigenvalue weighted by atomic mass is 10.0. The van der Waals surface area contributed by atoms with Crippen LogP contribution in [0.15, 0.2) is 122 Å². The molecule has 0 amide bonds. The third-order valence-electron chi connectivity index (χ3n) is 8.48.